The van der Waals surface area contributed by atoms with Crippen LogP contribution in [0.2, 0.25) is 0 Å². The van der Waals surface area contributed by atoms with E-state index in [0.717, 1.165) is 16.6 Å². The molecular formula is C16H19BrN2O. The van der Waals surface area contributed by atoms with E-state index in [1.54, 1.807) is 7.11 Å². The van der Waals surface area contributed by atoms with Gasteiger partial charge in [-0.05, 0) is 61.3 Å². The van der Waals surface area contributed by atoms with Gasteiger partial charge in [0.05, 0.1) is 7.11 Å². The molecule has 3 nitrogen and oxygen atoms in total. The van der Waals surface area contributed by atoms with Crippen molar-refractivity contribution in [3.05, 3.63) is 57.8 Å². The van der Waals surface area contributed by atoms with Gasteiger partial charge >= 0.3 is 0 Å². The van der Waals surface area contributed by atoms with Crippen molar-refractivity contribution < 1.29 is 4.74 Å². The Balaban J connectivity index is 2.29. The van der Waals surface area contributed by atoms with Crippen molar-refractivity contribution in [1.82, 2.24) is 10.3 Å². The van der Waals surface area contributed by atoms with Crippen LogP contribution in [-0.4, -0.2) is 19.1 Å². The maximum Gasteiger partial charge on any atom is 0.119 e. The second kappa shape index (κ2) is 6.86. The summed E-state index contributed by atoms with van der Waals surface area (Å²) in [4.78, 5) is 4.16. The molecule has 0 aliphatic rings. The minimum Gasteiger partial charge on any atom is -0.497 e. The van der Waals surface area contributed by atoms with Crippen molar-refractivity contribution in [3.63, 3.8) is 0 Å². The topological polar surface area (TPSA) is 34.1 Å². The summed E-state index contributed by atoms with van der Waals surface area (Å²) in [6.45, 7) is 2.09. The van der Waals surface area contributed by atoms with Gasteiger partial charge in [0.2, 0.25) is 0 Å². The molecule has 0 aliphatic heterocycles. The predicted molar refractivity (Wildman–Crippen MR) is 85.2 cm³/mol. The molecule has 4 heteroatoms. The standard InChI is InChI=1S/C16H19BrN2O/c1-11-10-19-7-6-14(11)16(18-2)9-12-8-13(20-3)4-5-15(12)17/h4-8,10,16,18H,9H2,1-3H3. The molecule has 1 unspecified atom stereocenters. The Hall–Kier alpha value is -1.39. The smallest absolute Gasteiger partial charge is 0.119 e. The summed E-state index contributed by atoms with van der Waals surface area (Å²) in [5, 5.41) is 3.38. The Morgan fingerprint density at radius 1 is 1.35 bits per heavy atom. The van der Waals surface area contributed by atoms with Crippen LogP contribution in [0, 0.1) is 6.92 Å². The molecule has 1 heterocycles. The number of aromatic nitrogens is 1. The van der Waals surface area contributed by atoms with Crippen molar-refractivity contribution in [2.24, 2.45) is 0 Å². The number of nitrogens with one attached hydrogen (secondary N) is 1. The Labute approximate surface area is 128 Å². The number of nitrogens with zero attached hydrogens (tertiary/aromatic N) is 1. The van der Waals surface area contributed by atoms with E-state index in [0.29, 0.717) is 0 Å². The van der Waals surface area contributed by atoms with E-state index >= 15 is 0 Å². The van der Waals surface area contributed by atoms with Gasteiger partial charge in [0.25, 0.3) is 0 Å². The van der Waals surface area contributed by atoms with Crippen molar-refractivity contribution in [1.29, 1.82) is 0 Å². The lowest BCUT2D eigenvalue weighted by Gasteiger charge is -2.19. The van der Waals surface area contributed by atoms with Crippen LogP contribution in [0.4, 0.5) is 0 Å². The summed E-state index contributed by atoms with van der Waals surface area (Å²) < 4.78 is 6.41. The maximum atomic E-state index is 5.30. The van der Waals surface area contributed by atoms with Gasteiger partial charge in [0, 0.05) is 22.9 Å². The molecule has 1 aromatic heterocycles. The van der Waals surface area contributed by atoms with Crippen LogP contribution in [0.1, 0.15) is 22.7 Å². The minimum atomic E-state index is 0.251. The summed E-state index contributed by atoms with van der Waals surface area (Å²) in [5.74, 6) is 0.879. The zero-order valence-corrected chi connectivity index (χ0v) is 13.6. The molecule has 0 amide bonds. The average Bonchev–Trinajstić information content (AvgIpc) is 2.47. The first-order valence-electron chi connectivity index (χ1n) is 6.56. The molecule has 0 fully saturated rings. The van der Waals surface area contributed by atoms with Crippen LogP contribution in [0.25, 0.3) is 0 Å². The molecule has 0 spiro atoms. The van der Waals surface area contributed by atoms with Gasteiger partial charge in [0.1, 0.15) is 5.75 Å². The largest absolute Gasteiger partial charge is 0.497 e. The monoisotopic (exact) mass is 334 g/mol. The van der Waals surface area contributed by atoms with Crippen molar-refractivity contribution in [3.8, 4) is 5.75 Å². The van der Waals surface area contributed by atoms with Crippen LogP contribution in [0.3, 0.4) is 0 Å². The fourth-order valence-corrected chi connectivity index (χ4v) is 2.71. The number of hydrogen-bond acceptors (Lipinski definition) is 3. The molecule has 0 bridgehead atoms. The van der Waals surface area contributed by atoms with Crippen LogP contribution >= 0.6 is 15.9 Å². The quantitative estimate of drug-likeness (QED) is 0.905. The first-order valence-corrected chi connectivity index (χ1v) is 7.35. The van der Waals surface area contributed by atoms with Crippen molar-refractivity contribution in [2.45, 2.75) is 19.4 Å². The lowest BCUT2D eigenvalue weighted by molar-refractivity contribution is 0.413. The fourth-order valence-electron chi connectivity index (χ4n) is 2.30. The highest BCUT2D eigenvalue weighted by molar-refractivity contribution is 9.10. The van der Waals surface area contributed by atoms with Crippen LogP contribution in [0.15, 0.2) is 41.1 Å². The summed E-state index contributed by atoms with van der Waals surface area (Å²) >= 11 is 3.61. The van der Waals surface area contributed by atoms with Gasteiger partial charge in [-0.15, -0.1) is 0 Å². The van der Waals surface area contributed by atoms with E-state index in [1.807, 2.05) is 31.6 Å². The second-order valence-electron chi connectivity index (χ2n) is 4.73. The second-order valence-corrected chi connectivity index (χ2v) is 5.59. The summed E-state index contributed by atoms with van der Waals surface area (Å²) in [5.41, 5.74) is 3.70. The third-order valence-corrected chi connectivity index (χ3v) is 4.24. The number of hydrogen-bond donors (Lipinski definition) is 1. The molecule has 20 heavy (non-hydrogen) atoms. The molecule has 0 saturated carbocycles. The number of ether oxygens (including phenoxy) is 1. The fraction of sp³-hybridized carbons (Fsp3) is 0.312. The molecule has 106 valence electrons. The van der Waals surface area contributed by atoms with Crippen LogP contribution < -0.4 is 10.1 Å². The molecule has 1 aromatic carbocycles. The Kier molecular flexibility index (Phi) is 5.15. The number of halogens is 1. The first kappa shape index (κ1) is 15.0. The van der Waals surface area contributed by atoms with Gasteiger partial charge in [-0.2, -0.15) is 0 Å². The van der Waals surface area contributed by atoms with E-state index in [-0.39, 0.29) is 6.04 Å². The van der Waals surface area contributed by atoms with E-state index in [2.05, 4.69) is 45.3 Å². The van der Waals surface area contributed by atoms with E-state index < -0.39 is 0 Å². The van der Waals surface area contributed by atoms with Gasteiger partial charge in [-0.25, -0.2) is 0 Å². The molecular weight excluding hydrogens is 316 g/mol. The molecule has 0 radical (unpaired) electrons. The number of rotatable bonds is 5. The maximum absolute atomic E-state index is 5.30. The highest BCUT2D eigenvalue weighted by atomic mass is 79.9. The Morgan fingerprint density at radius 3 is 2.80 bits per heavy atom. The molecule has 1 N–H and O–H groups in total. The summed E-state index contributed by atoms with van der Waals surface area (Å²) in [7, 11) is 3.67. The molecule has 0 saturated heterocycles. The lowest BCUT2D eigenvalue weighted by Crippen LogP contribution is -2.20. The zero-order valence-electron chi connectivity index (χ0n) is 12.0. The number of benzene rings is 1. The number of likely N-dealkylation sites (N-methyl/N-ethyl adjacent to an activating group) is 1. The summed E-state index contributed by atoms with van der Waals surface area (Å²) in [6.07, 6.45) is 4.63. The van der Waals surface area contributed by atoms with Gasteiger partial charge in [0.15, 0.2) is 0 Å². The van der Waals surface area contributed by atoms with Crippen LogP contribution in [-0.2, 0) is 6.42 Å². The number of pyridine rings is 1. The highest BCUT2D eigenvalue weighted by Crippen LogP contribution is 2.28. The molecule has 2 rings (SSSR count). The molecule has 0 aliphatic carbocycles. The Morgan fingerprint density at radius 2 is 2.15 bits per heavy atom. The summed E-state index contributed by atoms with van der Waals surface area (Å²) in [6, 6.07) is 8.39. The zero-order chi connectivity index (χ0) is 14.5. The first-order chi connectivity index (χ1) is 9.65. The van der Waals surface area contributed by atoms with Gasteiger partial charge < -0.3 is 10.1 Å². The highest BCUT2D eigenvalue weighted by Gasteiger charge is 2.14. The minimum absolute atomic E-state index is 0.251. The Bertz CT molecular complexity index is 586. The van der Waals surface area contributed by atoms with E-state index in [4.69, 9.17) is 4.74 Å². The predicted octanol–water partition coefficient (Wildman–Crippen LogP) is 3.66. The van der Waals surface area contributed by atoms with E-state index in [1.165, 1.54) is 16.7 Å². The van der Waals surface area contributed by atoms with Crippen molar-refractivity contribution >= 4 is 15.9 Å². The third-order valence-electron chi connectivity index (χ3n) is 3.46. The van der Waals surface area contributed by atoms with Gasteiger partial charge in [-0.3, -0.25) is 4.98 Å². The normalized spacial score (nSPS) is 12.2. The SMILES string of the molecule is CNC(Cc1cc(OC)ccc1Br)c1ccncc1C. The third kappa shape index (κ3) is 3.38. The number of aryl methyl sites for hydroxylation is 1. The number of methoxy groups -OCH3 is 1. The van der Waals surface area contributed by atoms with Crippen molar-refractivity contribution in [2.75, 3.05) is 14.2 Å². The average molecular weight is 335 g/mol. The van der Waals surface area contributed by atoms with Crippen LogP contribution in [0.5, 0.6) is 5.75 Å². The lowest BCUT2D eigenvalue weighted by atomic mass is 9.97. The molecule has 1 atom stereocenters. The molecule has 2 aromatic rings. The van der Waals surface area contributed by atoms with E-state index in [9.17, 15) is 0 Å². The van der Waals surface area contributed by atoms with Gasteiger partial charge in [-0.1, -0.05) is 15.9 Å².